The average Bonchev–Trinajstić information content (AvgIpc) is 3.16. The van der Waals surface area contributed by atoms with E-state index in [0.29, 0.717) is 24.4 Å². The smallest absolute Gasteiger partial charge is 0.410 e. The van der Waals surface area contributed by atoms with Gasteiger partial charge in [0.1, 0.15) is 28.9 Å². The number of aromatic nitrogens is 5. The molecule has 1 fully saturated rings. The number of nitrogens with zero attached hydrogens (tertiary/aromatic N) is 6. The minimum atomic E-state index is -0.533. The number of likely N-dealkylation sites (tertiary alicyclic amines) is 1. The zero-order chi connectivity index (χ0) is 30.1. The number of carbonyl (C=O) groups is 1. The van der Waals surface area contributed by atoms with Gasteiger partial charge in [-0.1, -0.05) is 6.42 Å². The van der Waals surface area contributed by atoms with Crippen molar-refractivity contribution in [3.8, 4) is 11.5 Å². The molecule has 4 heterocycles. The van der Waals surface area contributed by atoms with Crippen LogP contribution in [0.4, 0.5) is 16.3 Å². The molecule has 0 saturated carbocycles. The molecule has 0 bridgehead atoms. The first kappa shape index (κ1) is 28.4. The number of benzene rings is 2. The molecule has 0 radical (unpaired) electrons. The Bertz CT molecular complexity index is 1790. The second kappa shape index (κ2) is 11.5. The first-order valence-corrected chi connectivity index (χ1v) is 14.7. The first-order valence-electron chi connectivity index (χ1n) is 14.7. The molecule has 1 saturated heterocycles. The Morgan fingerprint density at radius 3 is 2.67 bits per heavy atom. The Morgan fingerprint density at radius 1 is 1.00 bits per heavy atom. The van der Waals surface area contributed by atoms with E-state index in [2.05, 4.69) is 20.3 Å². The molecule has 222 valence electrons. The summed E-state index contributed by atoms with van der Waals surface area (Å²) in [6.45, 7) is 8.94. The molecule has 0 spiro atoms. The molecule has 43 heavy (non-hydrogen) atoms. The van der Waals surface area contributed by atoms with Crippen molar-refractivity contribution < 1.29 is 14.3 Å². The summed E-state index contributed by atoms with van der Waals surface area (Å²) in [6, 6.07) is 15.8. The van der Waals surface area contributed by atoms with Gasteiger partial charge in [0.05, 0.1) is 22.9 Å². The van der Waals surface area contributed by atoms with Gasteiger partial charge in [0.2, 0.25) is 0 Å². The van der Waals surface area contributed by atoms with Crippen LogP contribution in [0.15, 0.2) is 61.2 Å². The number of rotatable bonds is 5. The van der Waals surface area contributed by atoms with Crippen molar-refractivity contribution in [3.05, 3.63) is 72.4 Å². The highest BCUT2D eigenvalue weighted by atomic mass is 16.6. The number of amides is 1. The average molecular weight is 580 g/mol. The molecule has 1 amide bonds. The van der Waals surface area contributed by atoms with Gasteiger partial charge >= 0.3 is 6.09 Å². The third-order valence-corrected chi connectivity index (χ3v) is 7.61. The van der Waals surface area contributed by atoms with Crippen LogP contribution in [0.5, 0.6) is 11.5 Å². The number of aryl methyl sites for hydroxylation is 2. The summed E-state index contributed by atoms with van der Waals surface area (Å²) in [4.78, 5) is 33.1. The number of ether oxygens (including phenoxy) is 2. The van der Waals surface area contributed by atoms with Crippen molar-refractivity contribution >= 4 is 39.7 Å². The summed E-state index contributed by atoms with van der Waals surface area (Å²) in [5.74, 6) is 2.21. The lowest BCUT2D eigenvalue weighted by Crippen LogP contribution is -2.38. The Labute approximate surface area is 251 Å². The minimum absolute atomic E-state index is 0.0939. The molecule has 1 N–H and O–H groups in total. The monoisotopic (exact) mass is 579 g/mol. The molecular weight excluding hydrogens is 542 g/mol. The van der Waals surface area contributed by atoms with Crippen LogP contribution < -0.4 is 10.1 Å². The van der Waals surface area contributed by atoms with Crippen molar-refractivity contribution in [3.63, 3.8) is 0 Å². The van der Waals surface area contributed by atoms with Crippen LogP contribution in [0, 0.1) is 6.92 Å². The number of anilines is 2. The standard InChI is InChI=1S/C33H37N7O3/c1-21-16-23(9-14-29(21)42-24-10-13-28-27(17-24)36-20-39(28)5)37-31-30-26(34-19-35-31)12-11-25(38-30)22-8-6-7-15-40(18-22)32(41)43-33(2,3)4/h9-14,16-17,19-20,22H,6-8,15,18H2,1-5H3,(H,34,35,37)/t22-/m0/s1. The highest BCUT2D eigenvalue weighted by Gasteiger charge is 2.28. The maximum atomic E-state index is 12.9. The van der Waals surface area contributed by atoms with Gasteiger partial charge in [0.25, 0.3) is 0 Å². The van der Waals surface area contributed by atoms with E-state index >= 15 is 0 Å². The maximum absolute atomic E-state index is 12.9. The molecule has 0 unspecified atom stereocenters. The molecule has 5 aromatic rings. The lowest BCUT2D eigenvalue weighted by Gasteiger charge is -2.28. The highest BCUT2D eigenvalue weighted by molar-refractivity contribution is 5.87. The fourth-order valence-corrected chi connectivity index (χ4v) is 5.43. The Kier molecular flexibility index (Phi) is 7.60. The molecule has 10 heteroatoms. The molecule has 6 rings (SSSR count). The Hall–Kier alpha value is -4.73. The molecule has 10 nitrogen and oxygen atoms in total. The van der Waals surface area contributed by atoms with E-state index in [1.807, 2.05) is 92.7 Å². The van der Waals surface area contributed by atoms with Crippen LogP contribution in [0.2, 0.25) is 0 Å². The topological polar surface area (TPSA) is 107 Å². The zero-order valence-corrected chi connectivity index (χ0v) is 25.3. The summed E-state index contributed by atoms with van der Waals surface area (Å²) in [5, 5.41) is 3.43. The summed E-state index contributed by atoms with van der Waals surface area (Å²) in [5.41, 5.74) is 5.60. The van der Waals surface area contributed by atoms with Gasteiger partial charge in [-0.2, -0.15) is 0 Å². The van der Waals surface area contributed by atoms with E-state index in [-0.39, 0.29) is 12.0 Å². The lowest BCUT2D eigenvalue weighted by molar-refractivity contribution is 0.0248. The Balaban J connectivity index is 1.21. The van der Waals surface area contributed by atoms with Gasteiger partial charge in [-0.05, 0) is 88.6 Å². The van der Waals surface area contributed by atoms with Crippen molar-refractivity contribution in [1.82, 2.24) is 29.4 Å². The number of fused-ring (bicyclic) bond motifs is 2. The van der Waals surface area contributed by atoms with Gasteiger partial charge in [-0.15, -0.1) is 0 Å². The van der Waals surface area contributed by atoms with Gasteiger partial charge in [0, 0.05) is 43.5 Å². The molecule has 3 aromatic heterocycles. The number of pyridine rings is 1. The van der Waals surface area contributed by atoms with Gasteiger partial charge in [-0.25, -0.2) is 24.7 Å². The van der Waals surface area contributed by atoms with E-state index in [9.17, 15) is 4.79 Å². The number of carbonyl (C=O) groups excluding carboxylic acids is 1. The molecule has 0 aliphatic carbocycles. The van der Waals surface area contributed by atoms with E-state index in [1.165, 1.54) is 0 Å². The van der Waals surface area contributed by atoms with Crippen molar-refractivity contribution in [2.24, 2.45) is 7.05 Å². The second-order valence-electron chi connectivity index (χ2n) is 12.2. The quantitative estimate of drug-likeness (QED) is 0.232. The van der Waals surface area contributed by atoms with Crippen LogP contribution >= 0.6 is 0 Å². The summed E-state index contributed by atoms with van der Waals surface area (Å²) >= 11 is 0. The third-order valence-electron chi connectivity index (χ3n) is 7.61. The van der Waals surface area contributed by atoms with E-state index < -0.39 is 5.60 Å². The normalized spacial score (nSPS) is 15.8. The molecule has 1 atom stereocenters. The SMILES string of the molecule is Cc1cc(Nc2ncnc3ccc([C@H]4CCCCN(C(=O)OC(C)(C)C)C4)nc23)ccc1Oc1ccc2c(c1)ncn2C. The fourth-order valence-electron chi connectivity index (χ4n) is 5.43. The van der Waals surface area contributed by atoms with Crippen molar-refractivity contribution in [2.45, 2.75) is 58.5 Å². The van der Waals surface area contributed by atoms with E-state index in [4.69, 9.17) is 14.5 Å². The van der Waals surface area contributed by atoms with Gasteiger partial charge in [-0.3, -0.25) is 0 Å². The summed E-state index contributed by atoms with van der Waals surface area (Å²) < 4.78 is 13.8. The second-order valence-corrected chi connectivity index (χ2v) is 12.2. The molecule has 1 aliphatic rings. The molecule has 2 aromatic carbocycles. The van der Waals surface area contributed by atoms with Gasteiger partial charge in [0.15, 0.2) is 5.82 Å². The predicted octanol–water partition coefficient (Wildman–Crippen LogP) is 7.26. The largest absolute Gasteiger partial charge is 0.457 e. The number of hydrogen-bond donors (Lipinski definition) is 1. The highest BCUT2D eigenvalue weighted by Crippen LogP contribution is 2.32. The minimum Gasteiger partial charge on any atom is -0.457 e. The summed E-state index contributed by atoms with van der Waals surface area (Å²) in [7, 11) is 1.97. The Morgan fingerprint density at radius 2 is 1.86 bits per heavy atom. The number of nitrogens with one attached hydrogen (secondary N) is 1. The lowest BCUT2D eigenvalue weighted by atomic mass is 9.98. The van der Waals surface area contributed by atoms with E-state index in [0.717, 1.165) is 64.3 Å². The third kappa shape index (κ3) is 6.38. The molecular formula is C33H37N7O3. The van der Waals surface area contributed by atoms with Gasteiger partial charge < -0.3 is 24.3 Å². The number of imidazole rings is 1. The van der Waals surface area contributed by atoms with Crippen LogP contribution in [0.25, 0.3) is 22.1 Å². The van der Waals surface area contributed by atoms with Crippen LogP contribution in [0.1, 0.15) is 57.2 Å². The van der Waals surface area contributed by atoms with Crippen LogP contribution in [0.3, 0.4) is 0 Å². The van der Waals surface area contributed by atoms with Crippen LogP contribution in [-0.4, -0.2) is 54.2 Å². The van der Waals surface area contributed by atoms with Crippen molar-refractivity contribution in [1.29, 1.82) is 0 Å². The zero-order valence-electron chi connectivity index (χ0n) is 25.3. The fraction of sp³-hybridized carbons (Fsp3) is 0.364. The predicted molar refractivity (Wildman–Crippen MR) is 167 cm³/mol. The molecule has 1 aliphatic heterocycles. The van der Waals surface area contributed by atoms with E-state index in [1.54, 1.807) is 12.7 Å². The van der Waals surface area contributed by atoms with Crippen LogP contribution in [-0.2, 0) is 11.8 Å². The van der Waals surface area contributed by atoms with Crippen molar-refractivity contribution in [2.75, 3.05) is 18.4 Å². The summed E-state index contributed by atoms with van der Waals surface area (Å²) in [6.07, 6.45) is 5.97. The number of hydrogen-bond acceptors (Lipinski definition) is 8. The first-order chi connectivity index (χ1) is 20.6. The maximum Gasteiger partial charge on any atom is 0.410 e.